The van der Waals surface area contributed by atoms with E-state index in [1.165, 1.54) is 16.7 Å². The number of hydrogen-bond acceptors (Lipinski definition) is 3. The van der Waals surface area contributed by atoms with Crippen LogP contribution in [0.3, 0.4) is 0 Å². The lowest BCUT2D eigenvalue weighted by atomic mass is 9.81. The summed E-state index contributed by atoms with van der Waals surface area (Å²) in [5.41, 5.74) is 5.82. The predicted molar refractivity (Wildman–Crippen MR) is 94.0 cm³/mol. The highest BCUT2D eigenvalue weighted by Crippen LogP contribution is 2.42. The standard InChI is InChI=1S/C20H23NO2/c1-21(2)13-14-11-12-15-16(8-6-10-19(15)23-3)20(14)17-7-4-5-9-18(17)22/h4-10,22H,11-13H2,1-3H3. The Morgan fingerprint density at radius 3 is 2.43 bits per heavy atom. The maximum Gasteiger partial charge on any atom is 0.123 e. The number of hydrogen-bond donors (Lipinski definition) is 1. The van der Waals surface area contributed by atoms with Gasteiger partial charge in [-0.2, -0.15) is 0 Å². The third-order valence-electron chi connectivity index (χ3n) is 4.33. The van der Waals surface area contributed by atoms with Gasteiger partial charge in [0.2, 0.25) is 0 Å². The summed E-state index contributed by atoms with van der Waals surface area (Å²) in [6.07, 6.45) is 1.95. The summed E-state index contributed by atoms with van der Waals surface area (Å²) >= 11 is 0. The van der Waals surface area contributed by atoms with Crippen molar-refractivity contribution in [3.05, 3.63) is 64.7 Å². The normalized spacial score (nSPS) is 14.1. The van der Waals surface area contributed by atoms with Crippen LogP contribution >= 0.6 is 0 Å². The Kier molecular flexibility index (Phi) is 4.39. The Morgan fingerprint density at radius 1 is 1.00 bits per heavy atom. The van der Waals surface area contributed by atoms with Crippen LogP contribution in [0.4, 0.5) is 0 Å². The lowest BCUT2D eigenvalue weighted by molar-refractivity contribution is 0.407. The summed E-state index contributed by atoms with van der Waals surface area (Å²) in [5.74, 6) is 1.26. The molecule has 0 heterocycles. The molecule has 3 rings (SSSR count). The molecule has 120 valence electrons. The van der Waals surface area contributed by atoms with E-state index in [1.807, 2.05) is 30.3 Å². The van der Waals surface area contributed by atoms with Crippen molar-refractivity contribution in [1.82, 2.24) is 4.90 Å². The third-order valence-corrected chi connectivity index (χ3v) is 4.33. The van der Waals surface area contributed by atoms with Crippen LogP contribution in [0.1, 0.15) is 23.1 Å². The molecule has 1 aliphatic rings. The van der Waals surface area contributed by atoms with Crippen molar-refractivity contribution in [1.29, 1.82) is 0 Å². The molecule has 2 aromatic carbocycles. The number of aromatic hydroxyl groups is 1. The summed E-state index contributed by atoms with van der Waals surface area (Å²) in [5, 5.41) is 10.4. The predicted octanol–water partition coefficient (Wildman–Crippen LogP) is 3.71. The number of nitrogens with zero attached hydrogens (tertiary/aromatic N) is 1. The fourth-order valence-electron chi connectivity index (χ4n) is 3.40. The Labute approximate surface area is 137 Å². The van der Waals surface area contributed by atoms with Gasteiger partial charge in [-0.15, -0.1) is 0 Å². The summed E-state index contributed by atoms with van der Waals surface area (Å²) in [6.45, 7) is 0.889. The maximum absolute atomic E-state index is 10.4. The molecule has 0 spiro atoms. The van der Waals surface area contributed by atoms with Gasteiger partial charge in [0.25, 0.3) is 0 Å². The van der Waals surface area contributed by atoms with Crippen molar-refractivity contribution in [2.45, 2.75) is 12.8 Å². The third kappa shape index (κ3) is 2.97. The zero-order valence-corrected chi connectivity index (χ0v) is 14.0. The Balaban J connectivity index is 2.24. The fourth-order valence-corrected chi connectivity index (χ4v) is 3.40. The van der Waals surface area contributed by atoms with E-state index >= 15 is 0 Å². The minimum Gasteiger partial charge on any atom is -0.507 e. The molecule has 0 saturated carbocycles. The number of methoxy groups -OCH3 is 1. The number of benzene rings is 2. The number of fused-ring (bicyclic) bond motifs is 1. The van der Waals surface area contributed by atoms with Gasteiger partial charge in [0.1, 0.15) is 11.5 Å². The molecule has 0 radical (unpaired) electrons. The number of rotatable bonds is 4. The van der Waals surface area contributed by atoms with E-state index in [0.29, 0.717) is 5.75 Å². The average Bonchev–Trinajstić information content (AvgIpc) is 2.54. The number of phenols is 1. The molecule has 2 aromatic rings. The topological polar surface area (TPSA) is 32.7 Å². The highest BCUT2D eigenvalue weighted by molar-refractivity contribution is 5.88. The van der Waals surface area contributed by atoms with Crippen LogP contribution in [-0.2, 0) is 6.42 Å². The highest BCUT2D eigenvalue weighted by Gasteiger charge is 2.24. The molecule has 3 heteroatoms. The molecule has 0 aliphatic heterocycles. The largest absolute Gasteiger partial charge is 0.507 e. The molecule has 3 nitrogen and oxygen atoms in total. The van der Waals surface area contributed by atoms with Gasteiger partial charge in [-0.1, -0.05) is 30.3 Å². The first-order valence-electron chi connectivity index (χ1n) is 7.93. The maximum atomic E-state index is 10.4. The van der Waals surface area contributed by atoms with Crippen LogP contribution in [0.2, 0.25) is 0 Å². The quantitative estimate of drug-likeness (QED) is 0.934. The first kappa shape index (κ1) is 15.6. The van der Waals surface area contributed by atoms with Crippen molar-refractivity contribution in [2.24, 2.45) is 0 Å². The summed E-state index contributed by atoms with van der Waals surface area (Å²) in [6, 6.07) is 13.8. The molecule has 0 unspecified atom stereocenters. The smallest absolute Gasteiger partial charge is 0.123 e. The first-order valence-corrected chi connectivity index (χ1v) is 7.93. The van der Waals surface area contributed by atoms with E-state index in [-0.39, 0.29) is 0 Å². The number of likely N-dealkylation sites (N-methyl/N-ethyl adjacent to an activating group) is 1. The molecule has 0 fully saturated rings. The molecule has 23 heavy (non-hydrogen) atoms. The second-order valence-corrected chi connectivity index (χ2v) is 6.22. The lowest BCUT2D eigenvalue weighted by Gasteiger charge is -2.27. The number of para-hydroxylation sites is 1. The minimum atomic E-state index is 0.328. The van der Waals surface area contributed by atoms with Gasteiger partial charge in [0.15, 0.2) is 0 Å². The lowest BCUT2D eigenvalue weighted by Crippen LogP contribution is -2.19. The van der Waals surface area contributed by atoms with Crippen molar-refractivity contribution < 1.29 is 9.84 Å². The van der Waals surface area contributed by atoms with Gasteiger partial charge in [-0.25, -0.2) is 0 Å². The van der Waals surface area contributed by atoms with E-state index in [4.69, 9.17) is 4.74 Å². The monoisotopic (exact) mass is 309 g/mol. The Morgan fingerprint density at radius 2 is 1.74 bits per heavy atom. The molecule has 0 amide bonds. The molecule has 0 aromatic heterocycles. The van der Waals surface area contributed by atoms with Gasteiger partial charge in [0, 0.05) is 17.7 Å². The summed E-state index contributed by atoms with van der Waals surface area (Å²) in [7, 11) is 5.88. The molecule has 0 atom stereocenters. The van der Waals surface area contributed by atoms with Crippen LogP contribution in [-0.4, -0.2) is 37.8 Å². The van der Waals surface area contributed by atoms with Crippen LogP contribution < -0.4 is 4.74 Å². The van der Waals surface area contributed by atoms with Crippen molar-refractivity contribution in [3.8, 4) is 11.5 Å². The highest BCUT2D eigenvalue weighted by atomic mass is 16.5. The summed E-state index contributed by atoms with van der Waals surface area (Å²) < 4.78 is 5.55. The second kappa shape index (κ2) is 6.47. The molecule has 0 saturated heterocycles. The summed E-state index contributed by atoms with van der Waals surface area (Å²) in [4.78, 5) is 2.18. The van der Waals surface area contributed by atoms with Gasteiger partial charge >= 0.3 is 0 Å². The van der Waals surface area contributed by atoms with Crippen LogP contribution in [0.15, 0.2) is 48.0 Å². The SMILES string of the molecule is COc1cccc2c1CCC(CN(C)C)=C2c1ccccc1O. The van der Waals surface area contributed by atoms with Gasteiger partial charge in [-0.05, 0) is 55.8 Å². The zero-order valence-electron chi connectivity index (χ0n) is 14.0. The van der Waals surface area contributed by atoms with Crippen molar-refractivity contribution in [3.63, 3.8) is 0 Å². The van der Waals surface area contributed by atoms with Gasteiger partial charge < -0.3 is 14.7 Å². The van der Waals surface area contributed by atoms with Gasteiger partial charge in [-0.3, -0.25) is 0 Å². The average molecular weight is 309 g/mol. The zero-order chi connectivity index (χ0) is 16.4. The molecular formula is C20H23NO2. The Bertz CT molecular complexity index is 747. The van der Waals surface area contributed by atoms with E-state index in [9.17, 15) is 5.11 Å². The van der Waals surface area contributed by atoms with Crippen molar-refractivity contribution in [2.75, 3.05) is 27.7 Å². The molecule has 0 bridgehead atoms. The first-order chi connectivity index (χ1) is 11.1. The Hall–Kier alpha value is -2.26. The van der Waals surface area contributed by atoms with Gasteiger partial charge in [0.05, 0.1) is 7.11 Å². The van der Waals surface area contributed by atoms with Crippen LogP contribution in [0.25, 0.3) is 5.57 Å². The second-order valence-electron chi connectivity index (χ2n) is 6.22. The fraction of sp³-hybridized carbons (Fsp3) is 0.300. The van der Waals surface area contributed by atoms with Crippen LogP contribution in [0, 0.1) is 0 Å². The number of ether oxygens (including phenoxy) is 1. The molecular weight excluding hydrogens is 286 g/mol. The van der Waals surface area contributed by atoms with E-state index in [0.717, 1.165) is 36.3 Å². The minimum absolute atomic E-state index is 0.328. The van der Waals surface area contributed by atoms with Crippen LogP contribution in [0.5, 0.6) is 11.5 Å². The van der Waals surface area contributed by atoms with E-state index in [1.54, 1.807) is 13.2 Å². The molecule has 1 N–H and O–H groups in total. The molecule has 1 aliphatic carbocycles. The number of phenolic OH excluding ortho intramolecular Hbond substituents is 1. The van der Waals surface area contributed by atoms with E-state index in [2.05, 4.69) is 25.1 Å². The van der Waals surface area contributed by atoms with E-state index < -0.39 is 0 Å². The van der Waals surface area contributed by atoms with Crippen molar-refractivity contribution >= 4 is 5.57 Å².